The lowest BCUT2D eigenvalue weighted by molar-refractivity contribution is -0.150. The van der Waals surface area contributed by atoms with Gasteiger partial charge in [0.15, 0.2) is 0 Å². The summed E-state index contributed by atoms with van der Waals surface area (Å²) in [5.74, 6) is 0.314. The summed E-state index contributed by atoms with van der Waals surface area (Å²) in [6.45, 7) is 10.0. The largest absolute Gasteiger partial charge is 0.468 e. The molecule has 1 aliphatic carbocycles. The predicted octanol–water partition coefficient (Wildman–Crippen LogP) is 2.14. The zero-order chi connectivity index (χ0) is 15.9. The third kappa shape index (κ3) is 7.25. The Morgan fingerprint density at radius 2 is 1.95 bits per heavy atom. The van der Waals surface area contributed by atoms with Crippen molar-refractivity contribution in [3.8, 4) is 0 Å². The standard InChI is InChI=1S/C16H31NO4/c1-12(2)11-20-8-9-21-13(3)10-16(4,15(18)19-5)17-14-6-7-14/h12-14,17H,6-11H2,1-5H3. The quantitative estimate of drug-likeness (QED) is 0.468. The zero-order valence-corrected chi connectivity index (χ0v) is 14.1. The number of hydrogen-bond acceptors (Lipinski definition) is 5. The third-order valence-corrected chi connectivity index (χ3v) is 3.51. The van der Waals surface area contributed by atoms with Gasteiger partial charge in [0.2, 0.25) is 0 Å². The van der Waals surface area contributed by atoms with Gasteiger partial charge >= 0.3 is 5.97 Å². The molecular formula is C16H31NO4. The van der Waals surface area contributed by atoms with Crippen molar-refractivity contribution in [1.82, 2.24) is 5.32 Å². The Kier molecular flexibility index (Phi) is 7.63. The molecule has 2 atom stereocenters. The summed E-state index contributed by atoms with van der Waals surface area (Å²) >= 11 is 0. The van der Waals surface area contributed by atoms with Crippen molar-refractivity contribution in [3.63, 3.8) is 0 Å². The first kappa shape index (κ1) is 18.4. The molecule has 0 aromatic heterocycles. The number of carbonyl (C=O) groups is 1. The number of rotatable bonds is 11. The van der Waals surface area contributed by atoms with Gasteiger partial charge in [-0.3, -0.25) is 10.1 Å². The second-order valence-electron chi connectivity index (χ2n) is 6.60. The molecule has 21 heavy (non-hydrogen) atoms. The highest BCUT2D eigenvalue weighted by Crippen LogP contribution is 2.26. The zero-order valence-electron chi connectivity index (χ0n) is 14.1. The Bertz CT molecular complexity index is 317. The lowest BCUT2D eigenvalue weighted by Crippen LogP contribution is -2.53. The number of methoxy groups -OCH3 is 1. The van der Waals surface area contributed by atoms with Crippen LogP contribution in [0.4, 0.5) is 0 Å². The van der Waals surface area contributed by atoms with Gasteiger partial charge in [0.25, 0.3) is 0 Å². The van der Waals surface area contributed by atoms with E-state index in [9.17, 15) is 4.79 Å². The second kappa shape index (κ2) is 8.71. The highest BCUT2D eigenvalue weighted by Gasteiger charge is 2.40. The molecule has 1 saturated carbocycles. The summed E-state index contributed by atoms with van der Waals surface area (Å²) in [4.78, 5) is 12.0. The first-order valence-electron chi connectivity index (χ1n) is 7.93. The average Bonchev–Trinajstić information content (AvgIpc) is 3.20. The Labute approximate surface area is 128 Å². The van der Waals surface area contributed by atoms with Crippen LogP contribution in [-0.4, -0.2) is 50.6 Å². The van der Waals surface area contributed by atoms with E-state index in [4.69, 9.17) is 14.2 Å². The van der Waals surface area contributed by atoms with Crippen molar-refractivity contribution < 1.29 is 19.0 Å². The summed E-state index contributed by atoms with van der Waals surface area (Å²) in [5.41, 5.74) is -0.672. The molecule has 1 N–H and O–H groups in total. The molecule has 0 aromatic carbocycles. The number of ether oxygens (including phenoxy) is 3. The fourth-order valence-electron chi connectivity index (χ4n) is 2.37. The highest BCUT2D eigenvalue weighted by molar-refractivity contribution is 5.80. The molecule has 2 unspecified atom stereocenters. The summed E-state index contributed by atoms with van der Waals surface area (Å²) in [6.07, 6.45) is 2.83. The van der Waals surface area contributed by atoms with Gasteiger partial charge in [0, 0.05) is 19.1 Å². The Morgan fingerprint density at radius 3 is 2.48 bits per heavy atom. The Balaban J connectivity index is 2.30. The molecule has 0 radical (unpaired) electrons. The molecule has 0 spiro atoms. The van der Waals surface area contributed by atoms with Gasteiger partial charge in [0.05, 0.1) is 26.4 Å². The molecule has 1 aliphatic rings. The van der Waals surface area contributed by atoms with Crippen LogP contribution in [0.15, 0.2) is 0 Å². The van der Waals surface area contributed by atoms with Crippen molar-refractivity contribution in [3.05, 3.63) is 0 Å². The lowest BCUT2D eigenvalue weighted by Gasteiger charge is -2.30. The van der Waals surface area contributed by atoms with Gasteiger partial charge in [-0.05, 0) is 32.6 Å². The van der Waals surface area contributed by atoms with Gasteiger partial charge in [-0.25, -0.2) is 0 Å². The van der Waals surface area contributed by atoms with Crippen LogP contribution in [0, 0.1) is 5.92 Å². The number of esters is 1. The molecule has 1 fully saturated rings. The third-order valence-electron chi connectivity index (χ3n) is 3.51. The van der Waals surface area contributed by atoms with Crippen molar-refractivity contribution in [2.45, 2.75) is 64.6 Å². The Morgan fingerprint density at radius 1 is 1.29 bits per heavy atom. The van der Waals surface area contributed by atoms with E-state index in [-0.39, 0.29) is 12.1 Å². The first-order valence-corrected chi connectivity index (χ1v) is 7.93. The van der Waals surface area contributed by atoms with E-state index in [1.807, 2.05) is 13.8 Å². The number of hydrogen-bond donors (Lipinski definition) is 1. The van der Waals surface area contributed by atoms with E-state index >= 15 is 0 Å². The highest BCUT2D eigenvalue weighted by atomic mass is 16.5. The molecule has 0 heterocycles. The molecule has 0 amide bonds. The summed E-state index contributed by atoms with van der Waals surface area (Å²) in [7, 11) is 1.43. The smallest absolute Gasteiger partial charge is 0.325 e. The van der Waals surface area contributed by atoms with Gasteiger partial charge in [-0.1, -0.05) is 13.8 Å². The normalized spacial score (nSPS) is 19.3. The first-order chi connectivity index (χ1) is 9.87. The van der Waals surface area contributed by atoms with Crippen molar-refractivity contribution in [1.29, 1.82) is 0 Å². The van der Waals surface area contributed by atoms with Crippen molar-refractivity contribution in [2.24, 2.45) is 5.92 Å². The minimum Gasteiger partial charge on any atom is -0.468 e. The molecular weight excluding hydrogens is 270 g/mol. The van der Waals surface area contributed by atoms with Crippen LogP contribution < -0.4 is 5.32 Å². The van der Waals surface area contributed by atoms with Gasteiger partial charge < -0.3 is 14.2 Å². The van der Waals surface area contributed by atoms with Crippen LogP contribution in [-0.2, 0) is 19.0 Å². The maximum absolute atomic E-state index is 12.0. The predicted molar refractivity (Wildman–Crippen MR) is 82.3 cm³/mol. The summed E-state index contributed by atoms with van der Waals surface area (Å²) in [6, 6.07) is 0.440. The van der Waals surface area contributed by atoms with E-state index in [2.05, 4.69) is 19.2 Å². The molecule has 5 heteroatoms. The fraction of sp³-hybridized carbons (Fsp3) is 0.938. The minimum absolute atomic E-state index is 0.0250. The monoisotopic (exact) mass is 301 g/mol. The van der Waals surface area contributed by atoms with Crippen LogP contribution in [0.1, 0.15) is 47.0 Å². The van der Waals surface area contributed by atoms with E-state index in [1.165, 1.54) is 7.11 Å². The molecule has 0 aromatic rings. The molecule has 0 bridgehead atoms. The van der Waals surface area contributed by atoms with Crippen LogP contribution in [0.3, 0.4) is 0 Å². The van der Waals surface area contributed by atoms with Crippen LogP contribution in [0.5, 0.6) is 0 Å². The average molecular weight is 301 g/mol. The van der Waals surface area contributed by atoms with Crippen LogP contribution >= 0.6 is 0 Å². The van der Waals surface area contributed by atoms with Crippen LogP contribution in [0.2, 0.25) is 0 Å². The Hall–Kier alpha value is -0.650. The van der Waals surface area contributed by atoms with Crippen molar-refractivity contribution in [2.75, 3.05) is 26.9 Å². The number of nitrogens with one attached hydrogen (secondary N) is 1. The topological polar surface area (TPSA) is 56.8 Å². The molecule has 5 nitrogen and oxygen atoms in total. The van der Waals surface area contributed by atoms with Crippen molar-refractivity contribution >= 4 is 5.97 Å². The fourth-order valence-corrected chi connectivity index (χ4v) is 2.37. The maximum Gasteiger partial charge on any atom is 0.325 e. The van der Waals surface area contributed by atoms with E-state index in [1.54, 1.807) is 0 Å². The number of carbonyl (C=O) groups excluding carboxylic acids is 1. The molecule has 0 saturated heterocycles. The van der Waals surface area contributed by atoms with Gasteiger partial charge in [-0.15, -0.1) is 0 Å². The minimum atomic E-state index is -0.672. The lowest BCUT2D eigenvalue weighted by atomic mass is 9.94. The van der Waals surface area contributed by atoms with E-state index in [0.29, 0.717) is 31.6 Å². The van der Waals surface area contributed by atoms with E-state index < -0.39 is 5.54 Å². The summed E-state index contributed by atoms with van der Waals surface area (Å²) < 4.78 is 16.2. The van der Waals surface area contributed by atoms with Crippen LogP contribution in [0.25, 0.3) is 0 Å². The maximum atomic E-state index is 12.0. The van der Waals surface area contributed by atoms with Gasteiger partial charge in [-0.2, -0.15) is 0 Å². The second-order valence-corrected chi connectivity index (χ2v) is 6.60. The molecule has 0 aliphatic heterocycles. The van der Waals surface area contributed by atoms with E-state index in [0.717, 1.165) is 19.4 Å². The summed E-state index contributed by atoms with van der Waals surface area (Å²) in [5, 5.41) is 3.38. The molecule has 124 valence electrons. The van der Waals surface area contributed by atoms with Gasteiger partial charge in [0.1, 0.15) is 5.54 Å². The SMILES string of the molecule is COC(=O)C(C)(CC(C)OCCOCC(C)C)NC1CC1. The molecule has 1 rings (SSSR count).